The van der Waals surface area contributed by atoms with Gasteiger partial charge in [0, 0.05) is 36.3 Å². The summed E-state index contributed by atoms with van der Waals surface area (Å²) in [5, 5.41) is 3.27. The highest BCUT2D eigenvalue weighted by atomic mass is 32.2. The molecule has 0 saturated carbocycles. The van der Waals surface area contributed by atoms with Crippen LogP contribution in [0, 0.1) is 17.6 Å². The molecule has 2 aromatic rings. The molecule has 1 atom stereocenters. The van der Waals surface area contributed by atoms with Crippen LogP contribution >= 0.6 is 0 Å². The van der Waals surface area contributed by atoms with Crippen molar-refractivity contribution in [2.75, 3.05) is 11.9 Å². The molecule has 4 nitrogen and oxygen atoms in total. The van der Waals surface area contributed by atoms with Crippen molar-refractivity contribution >= 4 is 16.5 Å². The van der Waals surface area contributed by atoms with Crippen molar-refractivity contribution in [1.82, 2.24) is 9.97 Å². The van der Waals surface area contributed by atoms with Crippen LogP contribution in [0.5, 0.6) is 0 Å². The second-order valence-corrected chi connectivity index (χ2v) is 6.44. The molecular weight excluding hydrogens is 296 g/mol. The van der Waals surface area contributed by atoms with Gasteiger partial charge in [-0.3, -0.25) is 4.21 Å². The van der Waals surface area contributed by atoms with E-state index in [-0.39, 0.29) is 16.5 Å². The van der Waals surface area contributed by atoms with Crippen molar-refractivity contribution < 1.29 is 13.0 Å². The van der Waals surface area contributed by atoms with Gasteiger partial charge in [-0.2, -0.15) is 0 Å². The summed E-state index contributed by atoms with van der Waals surface area (Å²) < 4.78 is 39.5. The Morgan fingerprint density at radius 1 is 1.38 bits per heavy atom. The second-order valence-electron chi connectivity index (χ2n) is 5.07. The monoisotopic (exact) mass is 313 g/mol. The van der Waals surface area contributed by atoms with Gasteiger partial charge in [-0.15, -0.1) is 0 Å². The highest BCUT2D eigenvalue weighted by Crippen LogP contribution is 2.24. The van der Waals surface area contributed by atoms with E-state index in [1.165, 1.54) is 12.3 Å². The highest BCUT2D eigenvalue weighted by molar-refractivity contribution is 7.84. The minimum absolute atomic E-state index is 0.0694. The quantitative estimate of drug-likeness (QED) is 0.862. The molecule has 0 aliphatic carbocycles. The molecule has 0 aliphatic rings. The smallest absolute Gasteiger partial charge is 0.196 e. The first-order valence-corrected chi connectivity index (χ1v) is 7.88. The maximum absolute atomic E-state index is 14.0. The lowest BCUT2D eigenvalue weighted by atomic mass is 10.1. The Morgan fingerprint density at radius 3 is 2.76 bits per heavy atom. The van der Waals surface area contributed by atoms with E-state index in [0.29, 0.717) is 18.2 Å². The number of anilines is 1. The van der Waals surface area contributed by atoms with Crippen LogP contribution in [-0.4, -0.2) is 20.7 Å². The van der Waals surface area contributed by atoms with Gasteiger partial charge in [0.15, 0.2) is 5.16 Å². The lowest BCUT2D eigenvalue weighted by Crippen LogP contribution is -2.12. The Morgan fingerprint density at radius 2 is 2.14 bits per heavy atom. The molecule has 0 aliphatic heterocycles. The van der Waals surface area contributed by atoms with Crippen LogP contribution < -0.4 is 5.32 Å². The average Bonchev–Trinajstić information content (AvgIpc) is 2.93. The summed E-state index contributed by atoms with van der Waals surface area (Å²) in [6, 6.07) is 2.02. The van der Waals surface area contributed by atoms with E-state index in [4.69, 9.17) is 0 Å². The van der Waals surface area contributed by atoms with Crippen molar-refractivity contribution in [1.29, 1.82) is 0 Å². The summed E-state index contributed by atoms with van der Waals surface area (Å²) in [7, 11) is -1.51. The number of imidazole rings is 1. The van der Waals surface area contributed by atoms with Gasteiger partial charge < -0.3 is 10.3 Å². The number of nitrogens with one attached hydrogen (secondary N) is 2. The first kappa shape index (κ1) is 15.6. The molecule has 0 saturated heterocycles. The maximum atomic E-state index is 14.0. The van der Waals surface area contributed by atoms with Crippen LogP contribution in [0.2, 0.25) is 0 Å². The fourth-order valence-electron chi connectivity index (χ4n) is 1.80. The molecule has 0 amide bonds. The molecule has 7 heteroatoms. The number of H-pyrrole nitrogens is 1. The number of hydrogen-bond donors (Lipinski definition) is 2. The molecule has 1 unspecified atom stereocenters. The molecule has 0 spiro atoms. The molecular formula is C14H17F2N3OS. The van der Waals surface area contributed by atoms with Crippen LogP contribution in [0.1, 0.15) is 19.4 Å². The van der Waals surface area contributed by atoms with Gasteiger partial charge in [-0.25, -0.2) is 13.8 Å². The SMILES string of the molecule is CC(C)CNc1cc(F)cc(F)c1CS(=O)c1ncc[nH]1. The summed E-state index contributed by atoms with van der Waals surface area (Å²) in [5.74, 6) is -1.12. The number of nitrogens with zero attached hydrogens (tertiary/aromatic N) is 1. The number of halogens is 2. The van der Waals surface area contributed by atoms with Crippen molar-refractivity contribution in [3.63, 3.8) is 0 Å². The van der Waals surface area contributed by atoms with Crippen molar-refractivity contribution in [3.8, 4) is 0 Å². The van der Waals surface area contributed by atoms with Gasteiger partial charge >= 0.3 is 0 Å². The Bertz CT molecular complexity index is 629. The summed E-state index contributed by atoms with van der Waals surface area (Å²) in [5.41, 5.74) is 0.535. The number of rotatable bonds is 6. The Labute approximate surface area is 124 Å². The van der Waals surface area contributed by atoms with Crippen LogP contribution in [0.4, 0.5) is 14.5 Å². The number of aromatic amines is 1. The van der Waals surface area contributed by atoms with Crippen molar-refractivity contribution in [2.45, 2.75) is 24.8 Å². The minimum Gasteiger partial charge on any atom is -0.384 e. The van der Waals surface area contributed by atoms with Crippen LogP contribution in [0.15, 0.2) is 29.7 Å². The van der Waals surface area contributed by atoms with Crippen LogP contribution in [0.3, 0.4) is 0 Å². The van der Waals surface area contributed by atoms with Crippen LogP contribution in [-0.2, 0) is 16.6 Å². The van der Waals surface area contributed by atoms with Gasteiger partial charge in [-0.05, 0) is 12.0 Å². The molecule has 114 valence electrons. The van der Waals surface area contributed by atoms with E-state index in [1.807, 2.05) is 13.8 Å². The van der Waals surface area contributed by atoms with Gasteiger partial charge in [0.05, 0.1) is 16.6 Å². The fraction of sp³-hybridized carbons (Fsp3) is 0.357. The Kier molecular flexibility index (Phi) is 5.06. The molecule has 2 rings (SSSR count). The maximum Gasteiger partial charge on any atom is 0.196 e. The van der Waals surface area contributed by atoms with Gasteiger partial charge in [0.1, 0.15) is 11.6 Å². The zero-order valence-corrected chi connectivity index (χ0v) is 12.6. The predicted octanol–water partition coefficient (Wildman–Crippen LogP) is 3.06. The van der Waals surface area contributed by atoms with E-state index in [0.717, 1.165) is 6.07 Å². The van der Waals surface area contributed by atoms with E-state index in [1.54, 1.807) is 6.20 Å². The predicted molar refractivity (Wildman–Crippen MR) is 78.4 cm³/mol. The summed E-state index contributed by atoms with van der Waals surface area (Å²) >= 11 is 0. The zero-order chi connectivity index (χ0) is 15.4. The minimum atomic E-state index is -1.51. The molecule has 0 bridgehead atoms. The molecule has 1 aromatic carbocycles. The Balaban J connectivity index is 2.26. The van der Waals surface area contributed by atoms with E-state index in [2.05, 4.69) is 15.3 Å². The molecule has 0 fully saturated rings. The van der Waals surface area contributed by atoms with E-state index in [9.17, 15) is 13.0 Å². The third-order valence-electron chi connectivity index (χ3n) is 2.83. The molecule has 0 radical (unpaired) electrons. The third kappa shape index (κ3) is 4.10. The molecule has 1 aromatic heterocycles. The highest BCUT2D eigenvalue weighted by Gasteiger charge is 2.16. The summed E-state index contributed by atoms with van der Waals surface area (Å²) in [6.45, 7) is 4.55. The molecule has 2 N–H and O–H groups in total. The second kappa shape index (κ2) is 6.80. The fourth-order valence-corrected chi connectivity index (χ4v) is 2.87. The van der Waals surface area contributed by atoms with Crippen LogP contribution in [0.25, 0.3) is 0 Å². The van der Waals surface area contributed by atoms with E-state index >= 15 is 0 Å². The van der Waals surface area contributed by atoms with Gasteiger partial charge in [0.2, 0.25) is 0 Å². The van der Waals surface area contributed by atoms with Gasteiger partial charge in [-0.1, -0.05) is 13.8 Å². The average molecular weight is 313 g/mol. The Hall–Kier alpha value is -1.76. The topological polar surface area (TPSA) is 57.8 Å². The first-order chi connectivity index (χ1) is 9.97. The standard InChI is InChI=1S/C14H17F2N3OS/c1-9(2)7-19-13-6-10(15)5-12(16)11(13)8-21(20)14-17-3-4-18-14/h3-6,9,19H,7-8H2,1-2H3,(H,17,18). The number of benzene rings is 1. The van der Waals surface area contributed by atoms with Gasteiger partial charge in [0.25, 0.3) is 0 Å². The first-order valence-electron chi connectivity index (χ1n) is 6.57. The molecule has 21 heavy (non-hydrogen) atoms. The van der Waals surface area contributed by atoms with Crippen molar-refractivity contribution in [2.24, 2.45) is 5.92 Å². The number of aromatic nitrogens is 2. The largest absolute Gasteiger partial charge is 0.384 e. The lowest BCUT2D eigenvalue weighted by molar-refractivity contribution is 0.575. The lowest BCUT2D eigenvalue weighted by Gasteiger charge is -2.14. The zero-order valence-electron chi connectivity index (χ0n) is 11.8. The third-order valence-corrected chi connectivity index (χ3v) is 4.03. The van der Waals surface area contributed by atoms with E-state index < -0.39 is 22.4 Å². The number of hydrogen-bond acceptors (Lipinski definition) is 3. The van der Waals surface area contributed by atoms with Crippen molar-refractivity contribution in [3.05, 3.63) is 41.7 Å². The normalized spacial score (nSPS) is 12.6. The summed E-state index contributed by atoms with van der Waals surface area (Å²) in [6.07, 6.45) is 3.03. The summed E-state index contributed by atoms with van der Waals surface area (Å²) in [4.78, 5) is 6.62. The molecule has 1 heterocycles.